The van der Waals surface area contributed by atoms with Crippen molar-refractivity contribution in [3.63, 3.8) is 0 Å². The molecular formula is C75H87N13O17S2. The third kappa shape index (κ3) is 13.7. The number of aromatic nitrogens is 1. The van der Waals surface area contributed by atoms with Gasteiger partial charge in [-0.1, -0.05) is 0 Å². The van der Waals surface area contributed by atoms with Gasteiger partial charge in [-0.3, -0.25) is 29.2 Å². The highest BCUT2D eigenvalue weighted by atomic mass is 32.2. The Labute approximate surface area is 622 Å². The molecular weight excluding hydrogens is 1420 g/mol. The SMILES string of the molecule is COc1ccc(S(=O)(=O)N2C(=O)C(NC(=O)N3CCN(C4CCN(C5COC5)CC4)CC3)(c3cc(OC)ccc3OC)c3cc(C#N)ccc32)c(OC)c1.COc1ccc(S(=O)(=O)N2C(=O)[C@@](NC(=O)N3CCN(C4CCN(C5CO[C@H]5C)CC4)CC3)(c3cccnc3OC)c3cc(C#N)ccc32)c(OC)c1. The van der Waals surface area contributed by atoms with E-state index in [9.17, 15) is 36.9 Å². The smallest absolute Gasteiger partial charge is 0.318 e. The molecule has 0 bridgehead atoms. The number of nitrogens with one attached hydrogen (secondary N) is 2. The highest BCUT2D eigenvalue weighted by Gasteiger charge is 2.61. The molecule has 1 aromatic heterocycles. The van der Waals surface area contributed by atoms with E-state index >= 15 is 9.59 Å². The van der Waals surface area contributed by atoms with E-state index in [1.807, 2.05) is 0 Å². The largest absolute Gasteiger partial charge is 0.497 e. The zero-order valence-corrected chi connectivity index (χ0v) is 62.5. The number of nitriles is 2. The van der Waals surface area contributed by atoms with E-state index in [0.29, 0.717) is 102 Å². The topological polar surface area (TPSA) is 330 Å². The van der Waals surface area contributed by atoms with Gasteiger partial charge >= 0.3 is 12.1 Å². The number of fused-ring (bicyclic) bond motifs is 2. The number of benzene rings is 5. The Morgan fingerprint density at radius 2 is 0.925 bits per heavy atom. The van der Waals surface area contributed by atoms with Crippen molar-refractivity contribution in [2.24, 2.45) is 0 Å². The van der Waals surface area contributed by atoms with Crippen LogP contribution in [0.3, 0.4) is 0 Å². The molecule has 5 aromatic carbocycles. The van der Waals surface area contributed by atoms with Gasteiger partial charge in [0.15, 0.2) is 11.1 Å². The van der Waals surface area contributed by atoms with Gasteiger partial charge in [-0.2, -0.15) is 19.1 Å². The maximum Gasteiger partial charge on any atom is 0.318 e. The molecule has 0 spiro atoms. The number of methoxy groups -OCH3 is 7. The van der Waals surface area contributed by atoms with Crippen LogP contribution in [0.2, 0.25) is 0 Å². The first-order chi connectivity index (χ1) is 51.6. The van der Waals surface area contributed by atoms with E-state index in [0.717, 1.165) is 71.7 Å². The van der Waals surface area contributed by atoms with E-state index in [-0.39, 0.29) is 83.8 Å². The lowest BCUT2D eigenvalue weighted by Crippen LogP contribution is -2.62. The predicted octanol–water partition coefficient (Wildman–Crippen LogP) is 5.30. The van der Waals surface area contributed by atoms with Gasteiger partial charge in [0.1, 0.15) is 44.3 Å². The third-order valence-corrected chi connectivity index (χ3v) is 25.4. The number of likely N-dealkylation sites (tertiary alicyclic amines) is 2. The number of hydrogen-bond donors (Lipinski definition) is 2. The lowest BCUT2D eigenvalue weighted by molar-refractivity contribution is -0.132. The van der Waals surface area contributed by atoms with Crippen molar-refractivity contribution in [2.75, 3.05) is 157 Å². The normalized spacial score (nSPS) is 22.5. The predicted molar refractivity (Wildman–Crippen MR) is 389 cm³/mol. The fourth-order valence-corrected chi connectivity index (χ4v) is 19.1. The third-order valence-electron chi connectivity index (χ3n) is 22.0. The van der Waals surface area contributed by atoms with Crippen LogP contribution in [-0.2, 0) is 50.2 Å². The zero-order chi connectivity index (χ0) is 75.7. The van der Waals surface area contributed by atoms with Crippen LogP contribution in [0.5, 0.6) is 40.4 Å². The molecule has 4 atom stereocenters. The summed E-state index contributed by atoms with van der Waals surface area (Å²) in [5, 5.41) is 25.9. The molecule has 566 valence electrons. The number of anilines is 2. The zero-order valence-electron chi connectivity index (χ0n) is 60.9. The summed E-state index contributed by atoms with van der Waals surface area (Å²) in [6, 6.07) is 29.4. The maximum absolute atomic E-state index is 15.3. The van der Waals surface area contributed by atoms with Gasteiger partial charge in [0, 0.05) is 126 Å². The molecule has 8 aliphatic rings. The van der Waals surface area contributed by atoms with Crippen LogP contribution in [0.15, 0.2) is 119 Å². The second-order valence-corrected chi connectivity index (χ2v) is 30.7. The summed E-state index contributed by atoms with van der Waals surface area (Å²) in [5.41, 5.74) is -3.75. The number of piperidine rings is 2. The number of hydrogen-bond acceptors (Lipinski definition) is 24. The number of amides is 6. The van der Waals surface area contributed by atoms with Crippen molar-refractivity contribution >= 4 is 55.3 Å². The van der Waals surface area contributed by atoms with Crippen LogP contribution < -0.4 is 52.4 Å². The van der Waals surface area contributed by atoms with Gasteiger partial charge in [-0.15, -0.1) is 0 Å². The Morgan fingerprint density at radius 1 is 0.486 bits per heavy atom. The first kappa shape index (κ1) is 75.2. The fourth-order valence-electron chi connectivity index (χ4n) is 15.9. The van der Waals surface area contributed by atoms with Gasteiger partial charge < -0.3 is 63.1 Å². The molecule has 14 rings (SSSR count). The summed E-state index contributed by atoms with van der Waals surface area (Å²) in [4.78, 5) is 76.2. The molecule has 6 aromatic rings. The molecule has 8 aliphatic heterocycles. The second kappa shape index (κ2) is 31.0. The Kier molecular flexibility index (Phi) is 21.8. The van der Waals surface area contributed by atoms with Crippen molar-refractivity contribution < 1.29 is 78.6 Å². The Bertz CT molecular complexity index is 4700. The van der Waals surface area contributed by atoms with Crippen LogP contribution in [0.25, 0.3) is 0 Å². The maximum atomic E-state index is 15.3. The lowest BCUT2D eigenvalue weighted by atomic mass is 9.82. The van der Waals surface area contributed by atoms with Gasteiger partial charge in [0.05, 0.1) is 128 Å². The van der Waals surface area contributed by atoms with Crippen LogP contribution in [0.4, 0.5) is 21.0 Å². The van der Waals surface area contributed by atoms with Gasteiger partial charge in [-0.05, 0) is 124 Å². The number of carbonyl (C=O) groups excluding carboxylic acids is 4. The number of piperazine rings is 2. The molecule has 2 unspecified atom stereocenters. The van der Waals surface area contributed by atoms with Crippen molar-refractivity contribution in [3.8, 4) is 52.5 Å². The number of rotatable bonds is 19. The van der Waals surface area contributed by atoms with Crippen LogP contribution in [0.1, 0.15) is 66.0 Å². The summed E-state index contributed by atoms with van der Waals surface area (Å²) >= 11 is 0. The number of ether oxygens (including phenoxy) is 9. The van der Waals surface area contributed by atoms with Crippen molar-refractivity contribution in [3.05, 3.63) is 143 Å². The van der Waals surface area contributed by atoms with Crippen LogP contribution >= 0.6 is 0 Å². The van der Waals surface area contributed by atoms with Crippen LogP contribution in [0, 0.1) is 22.7 Å². The molecule has 32 heteroatoms. The van der Waals surface area contributed by atoms with Crippen molar-refractivity contribution in [2.45, 2.75) is 83.7 Å². The first-order valence-electron chi connectivity index (χ1n) is 35.4. The van der Waals surface area contributed by atoms with E-state index < -0.39 is 55.0 Å². The minimum absolute atomic E-state index is 0.00486. The molecule has 0 aliphatic carbocycles. The standard InChI is InChI=1S/C38H44N6O9S.C37H43N7O8S/c1-49-28-6-9-33(51-3)31(20-28)38(40-37(46)43-17-15-42(16-18-43)26-11-13-41(14-12-26)27-23-53-24-27)30-19-25(22-39)5-8-32(30)44(36(38)45)54(47,48)35-10-7-29(50-2)21-34(35)52-4;1-24-31(23-52-24)42-14-11-26(12-15-42)41-16-18-43(19-17-41)36(46)40-37(28-6-5-13-39-34(28)51-4)29-20-25(22-38)7-9-30(29)44(35(37)45)53(47,48)33-10-8-27(49-2)21-32(33)50-3/h5-10,19-21,26-27H,11-18,23-24H2,1-4H3,(H,40,46);5-10,13,20-21,24,26,31H,11-12,14-19,23H2,1-4H3,(H,40,46)/t;24-,31?,37+/m.0/s1. The first-order valence-corrected chi connectivity index (χ1v) is 38.3. The highest BCUT2D eigenvalue weighted by molar-refractivity contribution is 7.94. The highest BCUT2D eigenvalue weighted by Crippen LogP contribution is 2.53. The molecule has 2 N–H and O–H groups in total. The number of pyridine rings is 1. The van der Waals surface area contributed by atoms with Crippen molar-refractivity contribution in [1.29, 1.82) is 10.5 Å². The molecule has 0 saturated carbocycles. The minimum atomic E-state index is -4.72. The van der Waals surface area contributed by atoms with E-state index in [1.165, 1.54) is 135 Å². The lowest BCUT2D eigenvalue weighted by Gasteiger charge is -2.48. The average Bonchev–Trinajstić information content (AvgIpc) is 1.55. The molecule has 107 heavy (non-hydrogen) atoms. The molecule has 30 nitrogen and oxygen atoms in total. The summed E-state index contributed by atoms with van der Waals surface area (Å²) in [6.07, 6.45) is 5.88. The summed E-state index contributed by atoms with van der Waals surface area (Å²) < 4.78 is 109. The monoisotopic (exact) mass is 1510 g/mol. The average molecular weight is 1510 g/mol. The second-order valence-electron chi connectivity index (χ2n) is 27.2. The van der Waals surface area contributed by atoms with Gasteiger partial charge in [0.25, 0.3) is 31.9 Å². The Hall–Kier alpha value is -10.0. The molecule has 6 saturated heterocycles. The fraction of sp³-hybridized carbons (Fsp3) is 0.453. The number of urea groups is 2. The van der Waals surface area contributed by atoms with E-state index in [1.54, 1.807) is 34.1 Å². The van der Waals surface area contributed by atoms with Crippen LogP contribution in [-0.4, -0.2) is 253 Å². The molecule has 9 heterocycles. The van der Waals surface area contributed by atoms with Gasteiger partial charge in [-0.25, -0.2) is 31.4 Å². The number of nitrogens with zero attached hydrogens (tertiary/aromatic N) is 11. The van der Waals surface area contributed by atoms with Crippen molar-refractivity contribution in [1.82, 2.24) is 45.0 Å². The summed E-state index contributed by atoms with van der Waals surface area (Å²) in [7, 11) is 0.296. The Morgan fingerprint density at radius 3 is 1.33 bits per heavy atom. The number of carbonyl (C=O) groups is 4. The number of sulfonamides is 2. The molecule has 6 fully saturated rings. The van der Waals surface area contributed by atoms with Gasteiger partial charge in [0.2, 0.25) is 5.88 Å². The summed E-state index contributed by atoms with van der Waals surface area (Å²) in [6.45, 7) is 12.7. The van der Waals surface area contributed by atoms with E-state index in [4.69, 9.17) is 42.6 Å². The molecule has 0 radical (unpaired) electrons. The Balaban J connectivity index is 0.000000189. The quantitative estimate of drug-likeness (QED) is 0.104. The van der Waals surface area contributed by atoms with E-state index in [2.05, 4.69) is 54.3 Å². The summed E-state index contributed by atoms with van der Waals surface area (Å²) in [5.74, 6) is -0.926. The minimum Gasteiger partial charge on any atom is -0.497 e. The molecule has 6 amide bonds.